The maximum atomic E-state index is 11.5. The zero-order valence-electron chi connectivity index (χ0n) is 7.88. The molecule has 0 aromatic heterocycles. The second-order valence-corrected chi connectivity index (χ2v) is 3.85. The lowest BCUT2D eigenvalue weighted by atomic mass is 10.1. The highest BCUT2D eigenvalue weighted by atomic mass is 79.9. The van der Waals surface area contributed by atoms with E-state index in [2.05, 4.69) is 15.9 Å². The fraction of sp³-hybridized carbons (Fsp3) is 0.200. The van der Waals surface area contributed by atoms with Gasteiger partial charge < -0.3 is 4.74 Å². The monoisotopic (exact) mass is 287 g/mol. The molecule has 5 heteroatoms. The number of hydrogen-bond acceptors (Lipinski definition) is 3. The number of rotatable bonds is 2. The number of nitriles is 1. The Kier molecular flexibility index (Phi) is 4.13. The van der Waals surface area contributed by atoms with E-state index < -0.39 is 5.97 Å². The first kappa shape index (κ1) is 12.0. The van der Waals surface area contributed by atoms with E-state index in [0.29, 0.717) is 4.47 Å². The van der Waals surface area contributed by atoms with Crippen LogP contribution in [-0.2, 0) is 4.74 Å². The van der Waals surface area contributed by atoms with Gasteiger partial charge in [0.2, 0.25) is 0 Å². The Labute approximate surface area is 101 Å². The minimum absolute atomic E-state index is 0.116. The second-order valence-electron chi connectivity index (χ2n) is 2.62. The van der Waals surface area contributed by atoms with Crippen molar-refractivity contribution in [2.45, 2.75) is 6.92 Å². The van der Waals surface area contributed by atoms with Gasteiger partial charge in [-0.2, -0.15) is 5.26 Å². The van der Waals surface area contributed by atoms with E-state index in [0.717, 1.165) is 0 Å². The molecule has 1 aromatic rings. The fourth-order valence-electron chi connectivity index (χ4n) is 1.03. The summed E-state index contributed by atoms with van der Waals surface area (Å²) in [4.78, 5) is 11.5. The molecule has 0 aliphatic rings. The quantitative estimate of drug-likeness (QED) is 0.786. The molecule has 0 bridgehead atoms. The first-order valence-electron chi connectivity index (χ1n) is 4.17. The van der Waals surface area contributed by atoms with Crippen molar-refractivity contribution in [3.8, 4) is 6.07 Å². The van der Waals surface area contributed by atoms with Gasteiger partial charge in [-0.3, -0.25) is 0 Å². The van der Waals surface area contributed by atoms with E-state index in [9.17, 15) is 4.79 Å². The Morgan fingerprint density at radius 1 is 1.67 bits per heavy atom. The first-order chi connectivity index (χ1) is 7.11. The Balaban J connectivity index is 3.28. The van der Waals surface area contributed by atoms with Crippen LogP contribution in [-0.4, -0.2) is 12.6 Å². The molecule has 0 aliphatic heterocycles. The fourth-order valence-corrected chi connectivity index (χ4v) is 1.92. The summed E-state index contributed by atoms with van der Waals surface area (Å²) in [7, 11) is 0. The van der Waals surface area contributed by atoms with Gasteiger partial charge in [0.25, 0.3) is 0 Å². The van der Waals surface area contributed by atoms with E-state index >= 15 is 0 Å². The third-order valence-electron chi connectivity index (χ3n) is 1.69. The number of nitrogens with zero attached hydrogens (tertiary/aromatic N) is 1. The number of carbonyl (C=O) groups excluding carboxylic acids is 1. The Morgan fingerprint density at radius 2 is 2.33 bits per heavy atom. The van der Waals surface area contributed by atoms with Gasteiger partial charge in [0.15, 0.2) is 0 Å². The third kappa shape index (κ3) is 2.49. The lowest BCUT2D eigenvalue weighted by molar-refractivity contribution is 0.0525. The van der Waals surface area contributed by atoms with Crippen LogP contribution in [0.2, 0.25) is 5.02 Å². The molecule has 0 N–H and O–H groups in total. The van der Waals surface area contributed by atoms with Gasteiger partial charge in [0, 0.05) is 4.47 Å². The minimum atomic E-state index is -0.536. The van der Waals surface area contributed by atoms with Crippen LogP contribution in [0.25, 0.3) is 0 Å². The van der Waals surface area contributed by atoms with Crippen molar-refractivity contribution < 1.29 is 9.53 Å². The molecule has 0 saturated carbocycles. The topological polar surface area (TPSA) is 50.1 Å². The molecule has 78 valence electrons. The molecule has 1 rings (SSSR count). The van der Waals surface area contributed by atoms with Crippen LogP contribution in [0.4, 0.5) is 0 Å². The minimum Gasteiger partial charge on any atom is -0.462 e. The van der Waals surface area contributed by atoms with Gasteiger partial charge in [-0.1, -0.05) is 11.6 Å². The van der Waals surface area contributed by atoms with Gasteiger partial charge in [-0.05, 0) is 35.0 Å². The Bertz CT molecular complexity index is 440. The smallest absolute Gasteiger partial charge is 0.340 e. The highest BCUT2D eigenvalue weighted by Gasteiger charge is 2.18. The summed E-state index contributed by atoms with van der Waals surface area (Å²) in [5.74, 6) is -0.536. The van der Waals surface area contributed by atoms with Crippen LogP contribution >= 0.6 is 27.5 Å². The van der Waals surface area contributed by atoms with Crippen LogP contribution < -0.4 is 0 Å². The molecule has 1 aromatic carbocycles. The average Bonchev–Trinajstić information content (AvgIpc) is 2.18. The first-order valence-corrected chi connectivity index (χ1v) is 5.34. The van der Waals surface area contributed by atoms with Gasteiger partial charge in [-0.15, -0.1) is 0 Å². The normalized spacial score (nSPS) is 9.47. The maximum Gasteiger partial charge on any atom is 0.340 e. The van der Waals surface area contributed by atoms with Gasteiger partial charge >= 0.3 is 5.97 Å². The molecule has 0 saturated heterocycles. The van der Waals surface area contributed by atoms with Crippen LogP contribution in [0, 0.1) is 11.3 Å². The van der Waals surface area contributed by atoms with E-state index in [-0.39, 0.29) is 22.8 Å². The van der Waals surface area contributed by atoms with Crippen LogP contribution in [0.5, 0.6) is 0 Å². The maximum absolute atomic E-state index is 11.5. The molecule has 0 unspecified atom stereocenters. The van der Waals surface area contributed by atoms with E-state index in [1.54, 1.807) is 13.0 Å². The number of carbonyl (C=O) groups is 1. The van der Waals surface area contributed by atoms with Crippen molar-refractivity contribution >= 4 is 33.5 Å². The molecular weight excluding hydrogens is 281 g/mol. The van der Waals surface area contributed by atoms with E-state index in [4.69, 9.17) is 21.6 Å². The zero-order valence-corrected chi connectivity index (χ0v) is 10.2. The van der Waals surface area contributed by atoms with Crippen molar-refractivity contribution in [2.75, 3.05) is 6.61 Å². The summed E-state index contributed by atoms with van der Waals surface area (Å²) in [5.41, 5.74) is 0.445. The summed E-state index contributed by atoms with van der Waals surface area (Å²) in [6, 6.07) is 5.03. The summed E-state index contributed by atoms with van der Waals surface area (Å²) in [6.45, 7) is 1.96. The van der Waals surface area contributed by atoms with Gasteiger partial charge in [-0.25, -0.2) is 4.79 Å². The number of hydrogen-bond donors (Lipinski definition) is 0. The predicted octanol–water partition coefficient (Wildman–Crippen LogP) is 3.15. The van der Waals surface area contributed by atoms with Gasteiger partial charge in [0.1, 0.15) is 6.07 Å². The van der Waals surface area contributed by atoms with Crippen molar-refractivity contribution in [1.29, 1.82) is 5.26 Å². The lowest BCUT2D eigenvalue weighted by Crippen LogP contribution is -2.07. The highest BCUT2D eigenvalue weighted by molar-refractivity contribution is 9.10. The third-order valence-corrected chi connectivity index (χ3v) is 2.74. The standard InChI is InChI=1S/C10H7BrClNO2/c1-2-15-10(14)8-7(11)4-3-6(5-13)9(8)12/h3-4H,2H2,1H3. The molecule has 0 spiro atoms. The van der Waals surface area contributed by atoms with Crippen LogP contribution in [0.3, 0.4) is 0 Å². The number of halogens is 2. The zero-order chi connectivity index (χ0) is 11.4. The molecule has 0 amide bonds. The molecule has 0 atom stereocenters. The number of benzene rings is 1. The SMILES string of the molecule is CCOC(=O)c1c(Br)ccc(C#N)c1Cl. The molecule has 0 fully saturated rings. The van der Waals surface area contributed by atoms with Gasteiger partial charge in [0.05, 0.1) is 22.8 Å². The lowest BCUT2D eigenvalue weighted by Gasteiger charge is -2.07. The molecule has 15 heavy (non-hydrogen) atoms. The average molecular weight is 289 g/mol. The number of esters is 1. The molecule has 0 aliphatic carbocycles. The van der Waals surface area contributed by atoms with Crippen LogP contribution in [0.1, 0.15) is 22.8 Å². The molecule has 0 heterocycles. The van der Waals surface area contributed by atoms with Crippen molar-refractivity contribution in [3.05, 3.63) is 32.8 Å². The largest absolute Gasteiger partial charge is 0.462 e. The second kappa shape index (κ2) is 5.15. The number of ether oxygens (including phenoxy) is 1. The summed E-state index contributed by atoms with van der Waals surface area (Å²) >= 11 is 9.08. The Morgan fingerprint density at radius 3 is 2.87 bits per heavy atom. The highest BCUT2D eigenvalue weighted by Crippen LogP contribution is 2.28. The summed E-state index contributed by atoms with van der Waals surface area (Å²) in [6.07, 6.45) is 0. The van der Waals surface area contributed by atoms with E-state index in [1.165, 1.54) is 6.07 Å². The molecule has 3 nitrogen and oxygen atoms in total. The van der Waals surface area contributed by atoms with Crippen molar-refractivity contribution in [1.82, 2.24) is 0 Å². The van der Waals surface area contributed by atoms with Crippen LogP contribution in [0.15, 0.2) is 16.6 Å². The van der Waals surface area contributed by atoms with Crippen molar-refractivity contribution in [2.24, 2.45) is 0 Å². The predicted molar refractivity (Wildman–Crippen MR) is 59.8 cm³/mol. The Hall–Kier alpha value is -1.05. The summed E-state index contributed by atoms with van der Waals surface area (Å²) < 4.78 is 5.34. The molecule has 0 radical (unpaired) electrons. The summed E-state index contributed by atoms with van der Waals surface area (Å²) in [5, 5.41) is 8.86. The van der Waals surface area contributed by atoms with Crippen molar-refractivity contribution in [3.63, 3.8) is 0 Å². The van der Waals surface area contributed by atoms with E-state index in [1.807, 2.05) is 6.07 Å². The molecular formula is C10H7BrClNO2.